The Morgan fingerprint density at radius 3 is 2.83 bits per heavy atom. The van der Waals surface area contributed by atoms with E-state index in [1.165, 1.54) is 19.3 Å². The molecule has 7 heteroatoms. The van der Waals surface area contributed by atoms with Crippen LogP contribution < -0.4 is 4.90 Å². The molecule has 4 heterocycles. The maximum atomic E-state index is 5.87. The molecule has 2 saturated heterocycles. The zero-order valence-electron chi connectivity index (χ0n) is 13.7. The van der Waals surface area contributed by atoms with Crippen LogP contribution in [0.4, 0.5) is 5.82 Å². The summed E-state index contributed by atoms with van der Waals surface area (Å²) in [4.78, 5) is 13.7. The van der Waals surface area contributed by atoms with Gasteiger partial charge in [-0.3, -0.25) is 9.58 Å². The standard InChI is InChI=1S/C16H24N6O/c1-20-15-14(10-19-20)16(18-12-17-15)22-7-5-21(6-8-22)11-13-4-2-3-9-23-13/h10,12-13H,2-9,11H2,1H3. The van der Waals surface area contributed by atoms with Gasteiger partial charge in [0.25, 0.3) is 0 Å². The van der Waals surface area contributed by atoms with Crippen LogP contribution in [0.15, 0.2) is 12.5 Å². The minimum Gasteiger partial charge on any atom is -0.377 e. The van der Waals surface area contributed by atoms with Crippen molar-refractivity contribution in [2.75, 3.05) is 44.2 Å². The van der Waals surface area contributed by atoms with Crippen molar-refractivity contribution in [3.05, 3.63) is 12.5 Å². The van der Waals surface area contributed by atoms with Crippen LogP contribution in [0.3, 0.4) is 0 Å². The molecule has 0 bridgehead atoms. The van der Waals surface area contributed by atoms with Crippen molar-refractivity contribution in [1.82, 2.24) is 24.6 Å². The van der Waals surface area contributed by atoms with E-state index < -0.39 is 0 Å². The molecule has 1 unspecified atom stereocenters. The molecule has 2 aromatic rings. The van der Waals surface area contributed by atoms with Crippen molar-refractivity contribution < 1.29 is 4.74 Å². The molecule has 1 atom stereocenters. The molecule has 124 valence electrons. The Morgan fingerprint density at radius 1 is 1.17 bits per heavy atom. The summed E-state index contributed by atoms with van der Waals surface area (Å²) < 4.78 is 7.67. The summed E-state index contributed by atoms with van der Waals surface area (Å²) in [5.41, 5.74) is 0.896. The molecule has 23 heavy (non-hydrogen) atoms. The average molecular weight is 316 g/mol. The summed E-state index contributed by atoms with van der Waals surface area (Å²) in [5.74, 6) is 1.01. The number of rotatable bonds is 3. The van der Waals surface area contributed by atoms with Gasteiger partial charge in [0.15, 0.2) is 5.65 Å². The van der Waals surface area contributed by atoms with E-state index in [0.717, 1.165) is 56.2 Å². The van der Waals surface area contributed by atoms with Crippen molar-refractivity contribution in [1.29, 1.82) is 0 Å². The van der Waals surface area contributed by atoms with Gasteiger partial charge in [0.05, 0.1) is 17.7 Å². The second kappa shape index (κ2) is 6.41. The van der Waals surface area contributed by atoms with Crippen LogP contribution in [0.1, 0.15) is 19.3 Å². The van der Waals surface area contributed by atoms with Gasteiger partial charge in [0, 0.05) is 46.4 Å². The third kappa shape index (κ3) is 3.03. The van der Waals surface area contributed by atoms with Crippen molar-refractivity contribution in [3.63, 3.8) is 0 Å². The molecule has 0 spiro atoms. The second-order valence-electron chi connectivity index (χ2n) is 6.48. The summed E-state index contributed by atoms with van der Waals surface area (Å²) in [6.07, 6.45) is 7.68. The van der Waals surface area contributed by atoms with Gasteiger partial charge >= 0.3 is 0 Å². The van der Waals surface area contributed by atoms with E-state index in [1.807, 2.05) is 13.2 Å². The number of fused-ring (bicyclic) bond motifs is 1. The molecule has 0 aliphatic carbocycles. The lowest BCUT2D eigenvalue weighted by atomic mass is 10.1. The van der Waals surface area contributed by atoms with E-state index in [0.29, 0.717) is 6.10 Å². The van der Waals surface area contributed by atoms with Gasteiger partial charge in [-0.25, -0.2) is 9.97 Å². The third-order valence-corrected chi connectivity index (χ3v) is 4.92. The number of aromatic nitrogens is 4. The van der Waals surface area contributed by atoms with Crippen LogP contribution in [-0.2, 0) is 11.8 Å². The highest BCUT2D eigenvalue weighted by Gasteiger charge is 2.24. The van der Waals surface area contributed by atoms with Crippen LogP contribution in [0.5, 0.6) is 0 Å². The van der Waals surface area contributed by atoms with Gasteiger partial charge in [-0.2, -0.15) is 5.10 Å². The van der Waals surface area contributed by atoms with E-state index in [1.54, 1.807) is 11.0 Å². The van der Waals surface area contributed by atoms with Gasteiger partial charge < -0.3 is 9.64 Å². The number of anilines is 1. The van der Waals surface area contributed by atoms with Gasteiger partial charge in [0.2, 0.25) is 0 Å². The zero-order chi connectivity index (χ0) is 15.6. The summed E-state index contributed by atoms with van der Waals surface area (Å²) in [6, 6.07) is 0. The van der Waals surface area contributed by atoms with Crippen molar-refractivity contribution in [2.45, 2.75) is 25.4 Å². The van der Waals surface area contributed by atoms with Crippen molar-refractivity contribution in [2.24, 2.45) is 7.05 Å². The van der Waals surface area contributed by atoms with E-state index in [9.17, 15) is 0 Å². The fraction of sp³-hybridized carbons (Fsp3) is 0.688. The molecule has 0 N–H and O–H groups in total. The van der Waals surface area contributed by atoms with E-state index in [-0.39, 0.29) is 0 Å². The highest BCUT2D eigenvalue weighted by atomic mass is 16.5. The summed E-state index contributed by atoms with van der Waals surface area (Å²) in [7, 11) is 1.92. The molecular weight excluding hydrogens is 292 g/mol. The lowest BCUT2D eigenvalue weighted by molar-refractivity contribution is -0.00646. The maximum absolute atomic E-state index is 5.87. The van der Waals surface area contributed by atoms with Crippen LogP contribution in [0.2, 0.25) is 0 Å². The highest BCUT2D eigenvalue weighted by molar-refractivity contribution is 5.86. The number of piperazine rings is 1. The first kappa shape index (κ1) is 14.8. The zero-order valence-corrected chi connectivity index (χ0v) is 13.7. The number of aryl methyl sites for hydroxylation is 1. The van der Waals surface area contributed by atoms with Gasteiger partial charge in [-0.1, -0.05) is 0 Å². The number of ether oxygens (including phenoxy) is 1. The van der Waals surface area contributed by atoms with Crippen LogP contribution in [0.25, 0.3) is 11.0 Å². The molecule has 0 amide bonds. The highest BCUT2D eigenvalue weighted by Crippen LogP contribution is 2.23. The molecule has 0 saturated carbocycles. The fourth-order valence-electron chi connectivity index (χ4n) is 3.58. The molecule has 2 fully saturated rings. The summed E-state index contributed by atoms with van der Waals surface area (Å²) in [5, 5.41) is 5.34. The Balaban J connectivity index is 1.40. The fourth-order valence-corrected chi connectivity index (χ4v) is 3.58. The Morgan fingerprint density at radius 2 is 2.04 bits per heavy atom. The third-order valence-electron chi connectivity index (χ3n) is 4.92. The first-order valence-electron chi connectivity index (χ1n) is 8.53. The maximum Gasteiger partial charge on any atom is 0.163 e. The minimum atomic E-state index is 0.430. The molecule has 0 radical (unpaired) electrons. The Hall–Kier alpha value is -1.73. The first-order chi connectivity index (χ1) is 11.3. The topological polar surface area (TPSA) is 59.3 Å². The molecular formula is C16H24N6O. The quantitative estimate of drug-likeness (QED) is 0.844. The Bertz CT molecular complexity index is 658. The van der Waals surface area contributed by atoms with Crippen LogP contribution in [0, 0.1) is 0 Å². The second-order valence-corrected chi connectivity index (χ2v) is 6.48. The lowest BCUT2D eigenvalue weighted by Gasteiger charge is -2.37. The summed E-state index contributed by atoms with van der Waals surface area (Å²) >= 11 is 0. The monoisotopic (exact) mass is 316 g/mol. The van der Waals surface area contributed by atoms with E-state index in [2.05, 4.69) is 24.9 Å². The molecule has 7 nitrogen and oxygen atoms in total. The molecule has 0 aromatic carbocycles. The van der Waals surface area contributed by atoms with Crippen LogP contribution >= 0.6 is 0 Å². The van der Waals surface area contributed by atoms with Gasteiger partial charge in [-0.05, 0) is 19.3 Å². The van der Waals surface area contributed by atoms with Crippen LogP contribution in [-0.4, -0.2) is 70.1 Å². The predicted molar refractivity (Wildman–Crippen MR) is 88.5 cm³/mol. The number of hydrogen-bond donors (Lipinski definition) is 0. The molecule has 2 aliphatic rings. The van der Waals surface area contributed by atoms with Gasteiger partial charge in [0.1, 0.15) is 12.1 Å². The first-order valence-corrected chi connectivity index (χ1v) is 8.53. The van der Waals surface area contributed by atoms with Gasteiger partial charge in [-0.15, -0.1) is 0 Å². The average Bonchev–Trinajstić information content (AvgIpc) is 2.98. The lowest BCUT2D eigenvalue weighted by Crippen LogP contribution is -2.49. The molecule has 2 aromatic heterocycles. The molecule has 2 aliphatic heterocycles. The largest absolute Gasteiger partial charge is 0.377 e. The smallest absolute Gasteiger partial charge is 0.163 e. The SMILES string of the molecule is Cn1ncc2c(N3CCN(CC4CCCCO4)CC3)ncnc21. The van der Waals surface area contributed by atoms with Crippen molar-refractivity contribution in [3.8, 4) is 0 Å². The summed E-state index contributed by atoms with van der Waals surface area (Å²) in [6.45, 7) is 6.11. The normalized spacial score (nSPS) is 23.5. The Kier molecular flexibility index (Phi) is 4.13. The van der Waals surface area contributed by atoms with E-state index in [4.69, 9.17) is 4.74 Å². The predicted octanol–water partition coefficient (Wildman–Crippen LogP) is 1.05. The molecule has 4 rings (SSSR count). The number of hydrogen-bond acceptors (Lipinski definition) is 6. The van der Waals surface area contributed by atoms with Crippen molar-refractivity contribution >= 4 is 16.9 Å². The van der Waals surface area contributed by atoms with E-state index >= 15 is 0 Å². The number of nitrogens with zero attached hydrogens (tertiary/aromatic N) is 6. The Labute approximate surface area is 136 Å². The minimum absolute atomic E-state index is 0.430.